The Hall–Kier alpha value is -1.81. The minimum Gasteiger partial charge on any atom is -0.370 e. The molecule has 2 rings (SSSR count). The number of aromatic nitrogens is 2. The monoisotopic (exact) mass is 332 g/mol. The van der Waals surface area contributed by atoms with Gasteiger partial charge in [-0.2, -0.15) is 4.98 Å². The van der Waals surface area contributed by atoms with Gasteiger partial charge in [-0.05, 0) is 43.0 Å². The van der Waals surface area contributed by atoms with E-state index in [0.29, 0.717) is 0 Å². The van der Waals surface area contributed by atoms with Crippen molar-refractivity contribution in [3.8, 4) is 0 Å². The molecular formula is C18H25ClN4. The minimum atomic E-state index is 0.779. The highest BCUT2D eigenvalue weighted by Gasteiger charge is 2.08. The van der Waals surface area contributed by atoms with Crippen LogP contribution >= 0.6 is 11.6 Å². The molecule has 0 fully saturated rings. The molecule has 0 aliphatic carbocycles. The third-order valence-corrected chi connectivity index (χ3v) is 3.76. The van der Waals surface area contributed by atoms with Gasteiger partial charge in [0.25, 0.3) is 0 Å². The maximum atomic E-state index is 6.01. The zero-order valence-corrected chi connectivity index (χ0v) is 14.7. The first-order valence-corrected chi connectivity index (χ1v) is 8.67. The lowest BCUT2D eigenvalue weighted by molar-refractivity contribution is 0.721. The number of nitrogens with one attached hydrogen (secondary N) is 1. The molecule has 0 bridgehead atoms. The first-order valence-electron chi connectivity index (χ1n) is 8.29. The minimum absolute atomic E-state index is 0.779. The molecule has 1 heterocycles. The third kappa shape index (κ3) is 5.71. The van der Waals surface area contributed by atoms with E-state index in [4.69, 9.17) is 11.6 Å². The molecule has 124 valence electrons. The summed E-state index contributed by atoms with van der Waals surface area (Å²) in [7, 11) is 0. The molecule has 5 heteroatoms. The van der Waals surface area contributed by atoms with Crippen LogP contribution in [0.3, 0.4) is 0 Å². The van der Waals surface area contributed by atoms with Crippen molar-refractivity contribution < 1.29 is 0 Å². The molecule has 0 saturated heterocycles. The fraction of sp³-hybridized carbons (Fsp3) is 0.444. The van der Waals surface area contributed by atoms with Gasteiger partial charge in [0.15, 0.2) is 0 Å². The van der Waals surface area contributed by atoms with Crippen LogP contribution in [0.4, 0.5) is 11.8 Å². The summed E-state index contributed by atoms with van der Waals surface area (Å²) in [6, 6.07) is 9.87. The van der Waals surface area contributed by atoms with E-state index in [9.17, 15) is 0 Å². The van der Waals surface area contributed by atoms with E-state index in [1.165, 1.54) is 5.56 Å². The summed E-state index contributed by atoms with van der Waals surface area (Å²) in [5, 5.41) is 4.15. The summed E-state index contributed by atoms with van der Waals surface area (Å²) in [6.45, 7) is 7.14. The highest BCUT2D eigenvalue weighted by molar-refractivity contribution is 6.30. The molecule has 1 N–H and O–H groups in total. The van der Waals surface area contributed by atoms with Crippen LogP contribution in [-0.2, 0) is 6.42 Å². The molecule has 0 amide bonds. The van der Waals surface area contributed by atoms with Gasteiger partial charge < -0.3 is 10.2 Å². The van der Waals surface area contributed by atoms with Crippen molar-refractivity contribution in [1.82, 2.24) is 9.97 Å². The van der Waals surface area contributed by atoms with Crippen LogP contribution < -0.4 is 10.2 Å². The first-order chi connectivity index (χ1) is 11.2. The van der Waals surface area contributed by atoms with Crippen molar-refractivity contribution in [2.45, 2.75) is 33.1 Å². The average molecular weight is 333 g/mol. The highest BCUT2D eigenvalue weighted by Crippen LogP contribution is 2.13. The van der Waals surface area contributed by atoms with Crippen molar-refractivity contribution in [3.05, 3.63) is 47.1 Å². The highest BCUT2D eigenvalue weighted by atomic mass is 35.5. The van der Waals surface area contributed by atoms with Crippen LogP contribution in [0.15, 0.2) is 36.5 Å². The Labute approximate surface area is 143 Å². The predicted molar refractivity (Wildman–Crippen MR) is 98.5 cm³/mol. The summed E-state index contributed by atoms with van der Waals surface area (Å²) in [5.41, 5.74) is 1.22. The van der Waals surface area contributed by atoms with E-state index in [2.05, 4.69) is 40.1 Å². The molecule has 1 aromatic heterocycles. The molecule has 0 unspecified atom stereocenters. The van der Waals surface area contributed by atoms with Gasteiger partial charge in [-0.15, -0.1) is 0 Å². The van der Waals surface area contributed by atoms with Crippen LogP contribution in [0.25, 0.3) is 0 Å². The lowest BCUT2D eigenvalue weighted by Crippen LogP contribution is -2.27. The normalized spacial score (nSPS) is 10.6. The number of rotatable bonds is 9. The van der Waals surface area contributed by atoms with Crippen molar-refractivity contribution in [1.29, 1.82) is 0 Å². The second kappa shape index (κ2) is 9.36. The van der Waals surface area contributed by atoms with Crippen LogP contribution in [0, 0.1) is 0 Å². The van der Waals surface area contributed by atoms with Crippen molar-refractivity contribution >= 4 is 23.4 Å². The van der Waals surface area contributed by atoms with Crippen molar-refractivity contribution in [3.63, 3.8) is 0 Å². The van der Waals surface area contributed by atoms with Crippen LogP contribution in [0.1, 0.15) is 32.3 Å². The number of benzene rings is 1. The largest absolute Gasteiger partial charge is 0.370 e. The molecule has 4 nitrogen and oxygen atoms in total. The zero-order valence-electron chi connectivity index (χ0n) is 13.9. The number of halogens is 1. The van der Waals surface area contributed by atoms with Crippen LogP contribution in [0.5, 0.6) is 0 Å². The second-order valence-electron chi connectivity index (χ2n) is 5.54. The Morgan fingerprint density at radius 3 is 2.61 bits per heavy atom. The SMILES string of the molecule is CCCN(CCC)c1nccc(NCCc2cccc(Cl)c2)n1. The topological polar surface area (TPSA) is 41.1 Å². The lowest BCUT2D eigenvalue weighted by atomic mass is 10.1. The Morgan fingerprint density at radius 1 is 1.13 bits per heavy atom. The van der Waals surface area contributed by atoms with Gasteiger partial charge in [-0.3, -0.25) is 0 Å². The second-order valence-corrected chi connectivity index (χ2v) is 5.97. The van der Waals surface area contributed by atoms with Crippen molar-refractivity contribution in [2.75, 3.05) is 29.9 Å². The van der Waals surface area contributed by atoms with E-state index < -0.39 is 0 Å². The van der Waals surface area contributed by atoms with Crippen LogP contribution in [-0.4, -0.2) is 29.6 Å². The summed E-state index contributed by atoms with van der Waals surface area (Å²) < 4.78 is 0. The van der Waals surface area contributed by atoms with Gasteiger partial charge in [0.2, 0.25) is 5.95 Å². The van der Waals surface area contributed by atoms with Gasteiger partial charge in [-0.25, -0.2) is 4.98 Å². The van der Waals surface area contributed by atoms with Gasteiger partial charge >= 0.3 is 0 Å². The van der Waals surface area contributed by atoms with E-state index in [0.717, 1.165) is 55.7 Å². The summed E-state index contributed by atoms with van der Waals surface area (Å²) in [6.07, 6.45) is 4.92. The Kier molecular flexibility index (Phi) is 7.14. The Bertz CT molecular complexity index is 597. The summed E-state index contributed by atoms with van der Waals surface area (Å²) >= 11 is 6.01. The molecular weight excluding hydrogens is 308 g/mol. The molecule has 0 radical (unpaired) electrons. The van der Waals surface area contributed by atoms with Gasteiger partial charge in [-0.1, -0.05) is 37.6 Å². The van der Waals surface area contributed by atoms with Gasteiger partial charge in [0.05, 0.1) is 0 Å². The van der Waals surface area contributed by atoms with E-state index in [-0.39, 0.29) is 0 Å². The maximum absolute atomic E-state index is 6.01. The van der Waals surface area contributed by atoms with Gasteiger partial charge in [0.1, 0.15) is 5.82 Å². The molecule has 0 aliphatic heterocycles. The zero-order chi connectivity index (χ0) is 16.5. The van der Waals surface area contributed by atoms with Crippen LogP contribution in [0.2, 0.25) is 5.02 Å². The molecule has 1 aromatic carbocycles. The number of hydrogen-bond donors (Lipinski definition) is 1. The molecule has 23 heavy (non-hydrogen) atoms. The Balaban J connectivity index is 1.94. The molecule has 0 spiro atoms. The average Bonchev–Trinajstić information content (AvgIpc) is 2.55. The van der Waals surface area contributed by atoms with E-state index in [1.807, 2.05) is 30.5 Å². The maximum Gasteiger partial charge on any atom is 0.227 e. The fourth-order valence-electron chi connectivity index (χ4n) is 2.48. The van der Waals surface area contributed by atoms with Gasteiger partial charge in [0, 0.05) is 30.9 Å². The quantitative estimate of drug-likeness (QED) is 0.738. The molecule has 0 aliphatic rings. The third-order valence-electron chi connectivity index (χ3n) is 3.52. The number of nitrogens with zero attached hydrogens (tertiary/aromatic N) is 3. The summed E-state index contributed by atoms with van der Waals surface area (Å²) in [5.74, 6) is 1.68. The Morgan fingerprint density at radius 2 is 1.91 bits per heavy atom. The predicted octanol–water partition coefficient (Wildman–Crippen LogP) is 4.41. The first kappa shape index (κ1) is 17.5. The summed E-state index contributed by atoms with van der Waals surface area (Å²) in [4.78, 5) is 11.3. The number of hydrogen-bond acceptors (Lipinski definition) is 4. The lowest BCUT2D eigenvalue weighted by Gasteiger charge is -2.21. The fourth-order valence-corrected chi connectivity index (χ4v) is 2.69. The van der Waals surface area contributed by atoms with E-state index in [1.54, 1.807) is 0 Å². The standard InChI is InChI=1S/C18H25ClN4/c1-3-12-23(13-4-2)18-21-11-9-17(22-18)20-10-8-15-6-5-7-16(19)14-15/h5-7,9,11,14H,3-4,8,10,12-13H2,1-2H3,(H,20,21,22). The van der Waals surface area contributed by atoms with Crippen molar-refractivity contribution in [2.24, 2.45) is 0 Å². The molecule has 0 saturated carbocycles. The molecule has 0 atom stereocenters. The number of anilines is 2. The molecule has 2 aromatic rings. The van der Waals surface area contributed by atoms with E-state index >= 15 is 0 Å². The smallest absolute Gasteiger partial charge is 0.227 e.